The normalized spacial score (nSPS) is 19.6. The van der Waals surface area contributed by atoms with Crippen molar-refractivity contribution in [2.24, 2.45) is 0 Å². The summed E-state index contributed by atoms with van der Waals surface area (Å²) in [5.41, 5.74) is 0.703. The highest BCUT2D eigenvalue weighted by Gasteiger charge is 2.32. The Morgan fingerprint density at radius 2 is 1.84 bits per heavy atom. The lowest BCUT2D eigenvalue weighted by atomic mass is 9.91. The van der Waals surface area contributed by atoms with Crippen molar-refractivity contribution in [3.63, 3.8) is 0 Å². The Kier molecular flexibility index (Phi) is 4.55. The molecule has 2 rings (SSSR count). The standard InChI is InChI=1S/C16H21FN2/c1-16(13-18,19-11-3-2-4-12-19)10-9-14-5-7-15(17)8-6-14/h5-8H,2-4,9-12H2,1H3. The fraction of sp³-hybridized carbons (Fsp3) is 0.562. The van der Waals surface area contributed by atoms with E-state index in [2.05, 4.69) is 11.0 Å². The van der Waals surface area contributed by atoms with Gasteiger partial charge in [0.1, 0.15) is 11.4 Å². The highest BCUT2D eigenvalue weighted by Crippen LogP contribution is 2.25. The lowest BCUT2D eigenvalue weighted by molar-refractivity contribution is 0.117. The smallest absolute Gasteiger partial charge is 0.123 e. The van der Waals surface area contributed by atoms with Crippen molar-refractivity contribution in [1.82, 2.24) is 4.90 Å². The second-order valence-corrected chi connectivity index (χ2v) is 5.56. The molecule has 0 radical (unpaired) electrons. The van der Waals surface area contributed by atoms with Crippen molar-refractivity contribution in [2.45, 2.75) is 44.6 Å². The van der Waals surface area contributed by atoms with E-state index in [1.54, 1.807) is 0 Å². The Balaban J connectivity index is 1.98. The van der Waals surface area contributed by atoms with E-state index in [0.29, 0.717) is 0 Å². The minimum atomic E-state index is -0.394. The van der Waals surface area contributed by atoms with Crippen LogP contribution in [0.15, 0.2) is 24.3 Å². The Labute approximate surface area is 114 Å². The molecule has 2 nitrogen and oxygen atoms in total. The zero-order chi connectivity index (χ0) is 13.7. The van der Waals surface area contributed by atoms with Crippen LogP contribution in [0.1, 0.15) is 38.2 Å². The molecular formula is C16H21FN2. The molecule has 1 aromatic carbocycles. The van der Waals surface area contributed by atoms with E-state index in [0.717, 1.165) is 31.5 Å². The van der Waals surface area contributed by atoms with Gasteiger partial charge >= 0.3 is 0 Å². The molecular weight excluding hydrogens is 239 g/mol. The highest BCUT2D eigenvalue weighted by molar-refractivity contribution is 5.18. The monoisotopic (exact) mass is 260 g/mol. The molecule has 1 aliphatic rings. The first-order valence-corrected chi connectivity index (χ1v) is 7.05. The summed E-state index contributed by atoms with van der Waals surface area (Å²) < 4.78 is 12.9. The van der Waals surface area contributed by atoms with Gasteiger partial charge in [-0.15, -0.1) is 0 Å². The fourth-order valence-electron chi connectivity index (χ4n) is 2.71. The molecule has 3 heteroatoms. The van der Waals surface area contributed by atoms with Gasteiger partial charge in [-0.3, -0.25) is 4.90 Å². The quantitative estimate of drug-likeness (QED) is 0.828. The number of hydrogen-bond acceptors (Lipinski definition) is 2. The lowest BCUT2D eigenvalue weighted by Crippen LogP contribution is -2.48. The number of piperidine rings is 1. The van der Waals surface area contributed by atoms with Gasteiger partial charge in [0.05, 0.1) is 6.07 Å². The van der Waals surface area contributed by atoms with E-state index in [9.17, 15) is 9.65 Å². The van der Waals surface area contributed by atoms with Crippen LogP contribution in [0.2, 0.25) is 0 Å². The summed E-state index contributed by atoms with van der Waals surface area (Å²) in [6, 6.07) is 9.07. The van der Waals surface area contributed by atoms with E-state index in [-0.39, 0.29) is 5.82 Å². The van der Waals surface area contributed by atoms with Crippen LogP contribution in [-0.4, -0.2) is 23.5 Å². The van der Waals surface area contributed by atoms with E-state index in [4.69, 9.17) is 0 Å². The molecule has 0 bridgehead atoms. The molecule has 0 spiro atoms. The molecule has 1 aromatic rings. The summed E-state index contributed by atoms with van der Waals surface area (Å²) in [5.74, 6) is -0.206. The maximum Gasteiger partial charge on any atom is 0.123 e. The number of rotatable bonds is 4. The van der Waals surface area contributed by atoms with Crippen LogP contribution in [0.5, 0.6) is 0 Å². The largest absolute Gasteiger partial charge is 0.286 e. The first kappa shape index (κ1) is 14.0. The van der Waals surface area contributed by atoms with Crippen LogP contribution in [0.3, 0.4) is 0 Å². The zero-order valence-corrected chi connectivity index (χ0v) is 11.5. The molecule has 0 saturated carbocycles. The maximum absolute atomic E-state index is 12.9. The first-order chi connectivity index (χ1) is 9.14. The Morgan fingerprint density at radius 1 is 1.21 bits per heavy atom. The van der Waals surface area contributed by atoms with Crippen LogP contribution < -0.4 is 0 Å². The van der Waals surface area contributed by atoms with Gasteiger partial charge in [0.25, 0.3) is 0 Å². The summed E-state index contributed by atoms with van der Waals surface area (Å²) in [5, 5.41) is 9.51. The van der Waals surface area contributed by atoms with Crippen LogP contribution in [0, 0.1) is 17.1 Å². The molecule has 0 aromatic heterocycles. The molecule has 1 saturated heterocycles. The molecule has 1 atom stereocenters. The molecule has 1 aliphatic heterocycles. The molecule has 0 aliphatic carbocycles. The third kappa shape index (κ3) is 3.54. The van der Waals surface area contributed by atoms with Gasteiger partial charge in [0, 0.05) is 0 Å². The SMILES string of the molecule is CC(C#N)(CCc1ccc(F)cc1)N1CCCCC1. The van der Waals surface area contributed by atoms with Gasteiger partial charge in [0.15, 0.2) is 0 Å². The van der Waals surface area contributed by atoms with Crippen molar-refractivity contribution in [1.29, 1.82) is 5.26 Å². The number of nitriles is 1. The van der Waals surface area contributed by atoms with E-state index in [1.165, 1.54) is 31.4 Å². The number of nitrogens with zero attached hydrogens (tertiary/aromatic N) is 2. The summed E-state index contributed by atoms with van der Waals surface area (Å²) in [4.78, 5) is 2.31. The third-order valence-corrected chi connectivity index (χ3v) is 4.11. The van der Waals surface area contributed by atoms with Crippen molar-refractivity contribution in [2.75, 3.05) is 13.1 Å². The summed E-state index contributed by atoms with van der Waals surface area (Å²) in [7, 11) is 0. The Hall–Kier alpha value is -1.40. The van der Waals surface area contributed by atoms with Crippen LogP contribution in [-0.2, 0) is 6.42 Å². The van der Waals surface area contributed by atoms with Crippen molar-refractivity contribution < 1.29 is 4.39 Å². The predicted molar refractivity (Wildman–Crippen MR) is 74.2 cm³/mol. The number of hydrogen-bond donors (Lipinski definition) is 0. The van der Waals surface area contributed by atoms with Crippen molar-refractivity contribution in [3.05, 3.63) is 35.6 Å². The summed E-state index contributed by atoms with van der Waals surface area (Å²) in [6.45, 7) is 4.07. The summed E-state index contributed by atoms with van der Waals surface area (Å²) in [6.07, 6.45) is 5.27. The second kappa shape index (κ2) is 6.16. The van der Waals surface area contributed by atoms with Crippen LogP contribution in [0.4, 0.5) is 4.39 Å². The Bertz CT molecular complexity index is 443. The average Bonchev–Trinajstić information content (AvgIpc) is 2.47. The van der Waals surface area contributed by atoms with Gasteiger partial charge in [-0.2, -0.15) is 5.26 Å². The molecule has 19 heavy (non-hydrogen) atoms. The van der Waals surface area contributed by atoms with Crippen LogP contribution in [0.25, 0.3) is 0 Å². The van der Waals surface area contributed by atoms with Crippen LogP contribution >= 0.6 is 0 Å². The number of halogens is 1. The van der Waals surface area contributed by atoms with E-state index in [1.807, 2.05) is 19.1 Å². The molecule has 102 valence electrons. The molecule has 0 amide bonds. The average molecular weight is 260 g/mol. The molecule has 1 fully saturated rings. The van der Waals surface area contributed by atoms with Gasteiger partial charge in [0.2, 0.25) is 0 Å². The second-order valence-electron chi connectivity index (χ2n) is 5.56. The number of likely N-dealkylation sites (tertiary alicyclic amines) is 1. The minimum absolute atomic E-state index is 0.206. The van der Waals surface area contributed by atoms with Crippen molar-refractivity contribution in [3.8, 4) is 6.07 Å². The van der Waals surface area contributed by atoms with Gasteiger partial charge in [-0.1, -0.05) is 18.6 Å². The molecule has 1 unspecified atom stereocenters. The third-order valence-electron chi connectivity index (χ3n) is 4.11. The van der Waals surface area contributed by atoms with Gasteiger partial charge in [-0.25, -0.2) is 4.39 Å². The maximum atomic E-state index is 12.9. The highest BCUT2D eigenvalue weighted by atomic mass is 19.1. The minimum Gasteiger partial charge on any atom is -0.286 e. The molecule has 0 N–H and O–H groups in total. The van der Waals surface area contributed by atoms with E-state index >= 15 is 0 Å². The lowest BCUT2D eigenvalue weighted by Gasteiger charge is -2.38. The number of aryl methyl sites for hydroxylation is 1. The Morgan fingerprint density at radius 3 is 2.42 bits per heavy atom. The number of benzene rings is 1. The first-order valence-electron chi connectivity index (χ1n) is 7.05. The van der Waals surface area contributed by atoms with E-state index < -0.39 is 5.54 Å². The van der Waals surface area contributed by atoms with Crippen molar-refractivity contribution >= 4 is 0 Å². The summed E-state index contributed by atoms with van der Waals surface area (Å²) >= 11 is 0. The predicted octanol–water partition coefficient (Wildman–Crippen LogP) is 3.53. The zero-order valence-electron chi connectivity index (χ0n) is 11.5. The van der Waals surface area contributed by atoms with Gasteiger partial charge < -0.3 is 0 Å². The molecule has 1 heterocycles. The fourth-order valence-corrected chi connectivity index (χ4v) is 2.71. The van der Waals surface area contributed by atoms with Gasteiger partial charge in [-0.05, 0) is 63.4 Å². The topological polar surface area (TPSA) is 27.0 Å².